The number of nitro groups is 3. The maximum Gasteiger partial charge on any atom is 0.301 e. The lowest BCUT2D eigenvalue weighted by Crippen LogP contribution is -1.99. The molecule has 0 amide bonds. The number of nitrogens with zero attached hydrogens (tertiary/aromatic N) is 4. The Balaban J connectivity index is 1.81. The molecule has 0 bridgehead atoms. The number of rotatable bonds is 8. The third-order valence-corrected chi connectivity index (χ3v) is 5.33. The summed E-state index contributed by atoms with van der Waals surface area (Å²) >= 11 is 7.05. The van der Waals surface area contributed by atoms with Crippen molar-refractivity contribution in [2.75, 3.05) is 5.43 Å². The Morgan fingerprint density at radius 1 is 0.844 bits per heavy atom. The van der Waals surface area contributed by atoms with Crippen LogP contribution in [0.15, 0.2) is 75.6 Å². The molecule has 0 fully saturated rings. The van der Waals surface area contributed by atoms with Gasteiger partial charge in [0.15, 0.2) is 0 Å². The number of hydrogen-bond acceptors (Lipinski definition) is 9. The van der Waals surface area contributed by atoms with E-state index < -0.39 is 26.1 Å². The predicted octanol–water partition coefficient (Wildman–Crippen LogP) is 5.66. The molecule has 0 heterocycles. The first-order chi connectivity index (χ1) is 15.2. The van der Waals surface area contributed by atoms with Crippen LogP contribution in [0.5, 0.6) is 0 Å². The van der Waals surface area contributed by atoms with Gasteiger partial charge in [0.2, 0.25) is 0 Å². The van der Waals surface area contributed by atoms with Crippen molar-refractivity contribution < 1.29 is 14.8 Å². The zero-order chi connectivity index (χ0) is 23.3. The number of nitro benzene ring substituents is 3. The van der Waals surface area contributed by atoms with E-state index in [4.69, 9.17) is 11.6 Å². The van der Waals surface area contributed by atoms with Crippen LogP contribution in [0.1, 0.15) is 5.56 Å². The van der Waals surface area contributed by atoms with Crippen molar-refractivity contribution in [3.63, 3.8) is 0 Å². The second-order valence-corrected chi connectivity index (χ2v) is 7.68. The fourth-order valence-corrected chi connectivity index (χ4v) is 3.56. The molecule has 13 heteroatoms. The number of anilines is 1. The summed E-state index contributed by atoms with van der Waals surface area (Å²) in [6.07, 6.45) is 1.24. The second-order valence-electron chi connectivity index (χ2n) is 6.13. The van der Waals surface area contributed by atoms with E-state index in [9.17, 15) is 30.3 Å². The summed E-state index contributed by atoms with van der Waals surface area (Å²) < 4.78 is 0. The highest BCUT2D eigenvalue weighted by Gasteiger charge is 2.19. The lowest BCUT2D eigenvalue weighted by molar-refractivity contribution is -0.393. The Morgan fingerprint density at radius 3 is 2.16 bits per heavy atom. The van der Waals surface area contributed by atoms with Gasteiger partial charge < -0.3 is 0 Å². The molecule has 11 nitrogen and oxygen atoms in total. The molecule has 0 saturated heterocycles. The molecule has 1 N–H and O–H groups in total. The maximum absolute atomic E-state index is 11.5. The van der Waals surface area contributed by atoms with Crippen LogP contribution >= 0.6 is 23.4 Å². The maximum atomic E-state index is 11.5. The molecule has 0 aliphatic heterocycles. The van der Waals surface area contributed by atoms with Gasteiger partial charge >= 0.3 is 5.69 Å². The van der Waals surface area contributed by atoms with Crippen molar-refractivity contribution in [2.24, 2.45) is 5.10 Å². The monoisotopic (exact) mass is 473 g/mol. The van der Waals surface area contributed by atoms with E-state index in [1.165, 1.54) is 24.0 Å². The first-order valence-electron chi connectivity index (χ1n) is 8.68. The van der Waals surface area contributed by atoms with Gasteiger partial charge in [0.1, 0.15) is 5.69 Å². The minimum absolute atomic E-state index is 0.0683. The topological polar surface area (TPSA) is 154 Å². The summed E-state index contributed by atoms with van der Waals surface area (Å²) in [7, 11) is 0. The normalized spacial score (nSPS) is 10.8. The van der Waals surface area contributed by atoms with E-state index in [-0.39, 0.29) is 11.4 Å². The highest BCUT2D eigenvalue weighted by molar-refractivity contribution is 7.99. The van der Waals surface area contributed by atoms with Gasteiger partial charge in [-0.3, -0.25) is 35.8 Å². The summed E-state index contributed by atoms with van der Waals surface area (Å²) in [5.41, 5.74) is 1.63. The van der Waals surface area contributed by atoms with Crippen LogP contribution in [0, 0.1) is 30.3 Å². The van der Waals surface area contributed by atoms with E-state index in [1.807, 2.05) is 0 Å². The highest BCUT2D eigenvalue weighted by Crippen LogP contribution is 2.35. The Morgan fingerprint density at radius 2 is 1.53 bits per heavy atom. The van der Waals surface area contributed by atoms with Gasteiger partial charge in [0, 0.05) is 27.6 Å². The van der Waals surface area contributed by atoms with Gasteiger partial charge in [-0.15, -0.1) is 0 Å². The quantitative estimate of drug-likeness (QED) is 0.249. The SMILES string of the molecule is O=[N+]([O-])c1ccc(NN=Cc2ccc(Sc3ccc(Cl)cc3)c([N+](=O)[O-])c2)c([N+](=O)[O-])c1. The number of non-ortho nitro benzene ring substituents is 1. The van der Waals surface area contributed by atoms with Crippen LogP contribution in [-0.2, 0) is 0 Å². The van der Waals surface area contributed by atoms with Crippen LogP contribution in [0.3, 0.4) is 0 Å². The van der Waals surface area contributed by atoms with Crippen LogP contribution in [0.2, 0.25) is 5.02 Å². The lowest BCUT2D eigenvalue weighted by atomic mass is 10.2. The van der Waals surface area contributed by atoms with Crippen LogP contribution in [0.25, 0.3) is 0 Å². The molecule has 162 valence electrons. The Hall–Kier alpha value is -4.03. The molecule has 0 unspecified atom stereocenters. The molecular weight excluding hydrogens is 462 g/mol. The van der Waals surface area contributed by atoms with Gasteiger partial charge in [-0.05, 0) is 36.4 Å². The predicted molar refractivity (Wildman–Crippen MR) is 120 cm³/mol. The van der Waals surface area contributed by atoms with Gasteiger partial charge in [0.25, 0.3) is 11.4 Å². The highest BCUT2D eigenvalue weighted by atomic mass is 35.5. The van der Waals surface area contributed by atoms with Crippen molar-refractivity contribution in [2.45, 2.75) is 9.79 Å². The molecule has 0 spiro atoms. The van der Waals surface area contributed by atoms with E-state index in [0.717, 1.165) is 23.1 Å². The first-order valence-corrected chi connectivity index (χ1v) is 9.88. The third-order valence-electron chi connectivity index (χ3n) is 4.01. The minimum atomic E-state index is -0.779. The Bertz CT molecular complexity index is 1240. The Labute approximate surface area is 189 Å². The summed E-state index contributed by atoms with van der Waals surface area (Å²) in [6, 6.07) is 14.4. The van der Waals surface area contributed by atoms with Crippen molar-refractivity contribution in [1.82, 2.24) is 0 Å². The van der Waals surface area contributed by atoms with Gasteiger partial charge in [-0.1, -0.05) is 29.4 Å². The van der Waals surface area contributed by atoms with Crippen molar-refractivity contribution in [3.8, 4) is 0 Å². The number of hydrazone groups is 1. The number of halogens is 1. The van der Waals surface area contributed by atoms with Gasteiger partial charge in [-0.25, -0.2) is 0 Å². The smallest absolute Gasteiger partial charge is 0.272 e. The number of hydrogen-bond donors (Lipinski definition) is 1. The Kier molecular flexibility index (Phi) is 6.97. The van der Waals surface area contributed by atoms with E-state index in [0.29, 0.717) is 15.5 Å². The largest absolute Gasteiger partial charge is 0.301 e. The molecule has 0 atom stereocenters. The summed E-state index contributed by atoms with van der Waals surface area (Å²) in [5.74, 6) is 0. The molecular formula is C19H12ClN5O6S. The second kappa shape index (κ2) is 9.85. The van der Waals surface area contributed by atoms with Gasteiger partial charge in [0.05, 0.1) is 31.9 Å². The molecule has 3 aromatic carbocycles. The molecule has 0 aliphatic rings. The average Bonchev–Trinajstić information content (AvgIpc) is 2.76. The molecule has 0 aromatic heterocycles. The molecule has 3 aromatic rings. The van der Waals surface area contributed by atoms with Crippen LogP contribution in [-0.4, -0.2) is 21.0 Å². The summed E-state index contributed by atoms with van der Waals surface area (Å²) in [5, 5.41) is 37.9. The van der Waals surface area contributed by atoms with Crippen molar-refractivity contribution in [1.29, 1.82) is 0 Å². The standard InChI is InChI=1S/C19H12ClN5O6S/c20-13-2-5-15(6-3-13)32-19-8-1-12(9-18(19)25(30)31)11-21-22-16-7-4-14(23(26)27)10-17(16)24(28)29/h1-11,22H. The van der Waals surface area contributed by atoms with Crippen LogP contribution < -0.4 is 5.43 Å². The minimum Gasteiger partial charge on any atom is -0.272 e. The molecule has 3 rings (SSSR count). The van der Waals surface area contributed by atoms with Gasteiger partial charge in [-0.2, -0.15) is 5.10 Å². The summed E-state index contributed by atoms with van der Waals surface area (Å²) in [4.78, 5) is 32.6. The molecule has 0 radical (unpaired) electrons. The van der Waals surface area contributed by atoms with E-state index in [2.05, 4.69) is 10.5 Å². The summed E-state index contributed by atoms with van der Waals surface area (Å²) in [6.45, 7) is 0. The van der Waals surface area contributed by atoms with Crippen LogP contribution in [0.4, 0.5) is 22.7 Å². The molecule has 0 saturated carbocycles. The first kappa shape index (κ1) is 22.7. The number of nitrogens with one attached hydrogen (secondary N) is 1. The zero-order valence-electron chi connectivity index (χ0n) is 15.9. The lowest BCUT2D eigenvalue weighted by Gasteiger charge is -2.05. The molecule has 0 aliphatic carbocycles. The van der Waals surface area contributed by atoms with Crippen molar-refractivity contribution >= 4 is 52.3 Å². The fourth-order valence-electron chi connectivity index (χ4n) is 2.53. The molecule has 32 heavy (non-hydrogen) atoms. The average molecular weight is 474 g/mol. The van der Waals surface area contributed by atoms with E-state index >= 15 is 0 Å². The fraction of sp³-hybridized carbons (Fsp3) is 0. The van der Waals surface area contributed by atoms with E-state index in [1.54, 1.807) is 36.4 Å². The zero-order valence-corrected chi connectivity index (χ0v) is 17.4. The number of benzene rings is 3. The van der Waals surface area contributed by atoms with Crippen molar-refractivity contribution in [3.05, 3.63) is 102 Å². The third kappa shape index (κ3) is 5.56.